The smallest absolute Gasteiger partial charge is 0.340 e. The first-order valence-corrected chi connectivity index (χ1v) is 10.5. The summed E-state index contributed by atoms with van der Waals surface area (Å²) >= 11 is 0. The van der Waals surface area contributed by atoms with Crippen molar-refractivity contribution >= 4 is 17.9 Å². The molecule has 3 atom stereocenters. The van der Waals surface area contributed by atoms with Gasteiger partial charge < -0.3 is 18.9 Å². The van der Waals surface area contributed by atoms with Gasteiger partial charge in [0.05, 0.1) is 23.1 Å². The van der Waals surface area contributed by atoms with E-state index in [1.807, 2.05) is 0 Å². The fourth-order valence-corrected chi connectivity index (χ4v) is 3.38. The van der Waals surface area contributed by atoms with E-state index in [1.165, 1.54) is 0 Å². The lowest BCUT2D eigenvalue weighted by Gasteiger charge is -2.18. The minimum absolute atomic E-state index is 0.116. The van der Waals surface area contributed by atoms with Gasteiger partial charge in [-0.15, -0.1) is 0 Å². The van der Waals surface area contributed by atoms with Crippen LogP contribution in [-0.4, -0.2) is 43.0 Å². The Bertz CT molecular complexity index is 1080. The first-order valence-electron chi connectivity index (χ1n) is 10.5. The summed E-state index contributed by atoms with van der Waals surface area (Å²) in [6.45, 7) is -0.167. The summed E-state index contributed by atoms with van der Waals surface area (Å²) in [5.74, 6) is -1.63. The van der Waals surface area contributed by atoms with Crippen molar-refractivity contribution in [3.8, 4) is 0 Å². The molecule has 1 heterocycles. The van der Waals surface area contributed by atoms with Crippen molar-refractivity contribution in [2.24, 2.45) is 0 Å². The van der Waals surface area contributed by atoms with E-state index in [1.54, 1.807) is 91.0 Å². The monoisotopic (exact) mass is 446 g/mol. The lowest BCUT2D eigenvalue weighted by Crippen LogP contribution is -2.32. The Morgan fingerprint density at radius 3 is 1.64 bits per heavy atom. The Hall–Kier alpha value is -3.97. The molecule has 0 N–H and O–H groups in total. The average Bonchev–Trinajstić information content (AvgIpc) is 3.24. The van der Waals surface area contributed by atoms with E-state index in [0.717, 1.165) is 0 Å². The maximum Gasteiger partial charge on any atom is 0.340 e. The van der Waals surface area contributed by atoms with E-state index >= 15 is 0 Å². The van der Waals surface area contributed by atoms with Crippen LogP contribution in [-0.2, 0) is 18.9 Å². The van der Waals surface area contributed by atoms with Crippen LogP contribution < -0.4 is 0 Å². The topological polar surface area (TPSA) is 88.1 Å². The van der Waals surface area contributed by atoms with E-state index in [9.17, 15) is 14.4 Å². The highest BCUT2D eigenvalue weighted by atomic mass is 16.7. The lowest BCUT2D eigenvalue weighted by molar-refractivity contribution is -0.117. The second kappa shape index (κ2) is 10.6. The van der Waals surface area contributed by atoms with Crippen LogP contribution in [0.25, 0.3) is 0 Å². The van der Waals surface area contributed by atoms with E-state index < -0.39 is 36.4 Å². The SMILES string of the molecule is O=C(OC[C@H]1O[C@H](OC(=O)c2ccccc2)C[C@H]1OC(=O)c1ccccc1)c1ccccc1. The third-order valence-corrected chi connectivity index (χ3v) is 5.07. The fraction of sp³-hybridized carbons (Fsp3) is 0.192. The van der Waals surface area contributed by atoms with Crippen LogP contribution in [0.5, 0.6) is 0 Å². The molecule has 0 spiro atoms. The van der Waals surface area contributed by atoms with Gasteiger partial charge >= 0.3 is 17.9 Å². The highest BCUT2D eigenvalue weighted by Crippen LogP contribution is 2.27. The van der Waals surface area contributed by atoms with E-state index in [0.29, 0.717) is 16.7 Å². The zero-order chi connectivity index (χ0) is 23.0. The van der Waals surface area contributed by atoms with Crippen LogP contribution in [0.1, 0.15) is 37.5 Å². The summed E-state index contributed by atoms with van der Waals surface area (Å²) in [4.78, 5) is 37.3. The van der Waals surface area contributed by atoms with Crippen LogP contribution in [0.4, 0.5) is 0 Å². The van der Waals surface area contributed by atoms with Crippen molar-refractivity contribution in [1.29, 1.82) is 0 Å². The summed E-state index contributed by atoms with van der Waals surface area (Å²) in [5.41, 5.74) is 1.14. The standard InChI is InChI=1S/C26H22O7/c27-24(18-10-4-1-5-11-18)30-17-22-21(32-25(28)19-12-6-2-7-13-19)16-23(31-22)33-26(29)20-14-8-3-9-15-20/h1-15,21-23H,16-17H2/t21-,22-,23-/m1/s1. The van der Waals surface area contributed by atoms with Crippen molar-refractivity contribution < 1.29 is 33.3 Å². The Morgan fingerprint density at radius 2 is 1.12 bits per heavy atom. The van der Waals surface area contributed by atoms with Crippen LogP contribution in [0.3, 0.4) is 0 Å². The number of esters is 3. The van der Waals surface area contributed by atoms with Gasteiger partial charge in [-0.2, -0.15) is 0 Å². The van der Waals surface area contributed by atoms with Gasteiger partial charge in [-0.3, -0.25) is 0 Å². The molecule has 168 valence electrons. The Labute approximate surface area is 190 Å². The van der Waals surface area contributed by atoms with Gasteiger partial charge in [-0.25, -0.2) is 14.4 Å². The highest BCUT2D eigenvalue weighted by molar-refractivity contribution is 5.90. The summed E-state index contributed by atoms with van der Waals surface area (Å²) in [6, 6.07) is 25.5. The molecule has 33 heavy (non-hydrogen) atoms. The molecule has 0 unspecified atom stereocenters. The zero-order valence-electron chi connectivity index (χ0n) is 17.7. The molecule has 1 saturated heterocycles. The van der Waals surface area contributed by atoms with Crippen LogP contribution in [0.2, 0.25) is 0 Å². The van der Waals surface area contributed by atoms with Gasteiger partial charge in [-0.1, -0.05) is 54.6 Å². The molecule has 1 aliphatic heterocycles. The summed E-state index contributed by atoms with van der Waals surface area (Å²) < 4.78 is 22.2. The molecule has 7 nitrogen and oxygen atoms in total. The molecule has 0 aliphatic carbocycles. The largest absolute Gasteiger partial charge is 0.459 e. The quantitative estimate of drug-likeness (QED) is 0.400. The minimum Gasteiger partial charge on any atom is -0.459 e. The normalized spacial score (nSPS) is 19.5. The molecular weight excluding hydrogens is 424 g/mol. The van der Waals surface area contributed by atoms with E-state index in [4.69, 9.17) is 18.9 Å². The molecule has 0 saturated carbocycles. The number of ether oxygens (including phenoxy) is 4. The molecule has 7 heteroatoms. The van der Waals surface area contributed by atoms with Gasteiger partial charge in [0.15, 0.2) is 0 Å². The molecule has 0 radical (unpaired) electrons. The molecule has 1 aliphatic rings. The first kappa shape index (κ1) is 22.2. The Balaban J connectivity index is 1.43. The molecule has 0 aromatic heterocycles. The van der Waals surface area contributed by atoms with Crippen LogP contribution in [0.15, 0.2) is 91.0 Å². The second-order valence-electron chi connectivity index (χ2n) is 7.39. The summed E-state index contributed by atoms with van der Waals surface area (Å²) in [6.07, 6.45) is -2.40. The molecule has 4 rings (SSSR count). The van der Waals surface area contributed by atoms with Gasteiger partial charge in [0.25, 0.3) is 0 Å². The molecule has 0 bridgehead atoms. The third kappa shape index (κ3) is 5.84. The number of carbonyl (C=O) groups excluding carboxylic acids is 3. The second-order valence-corrected chi connectivity index (χ2v) is 7.39. The molecule has 3 aromatic carbocycles. The predicted molar refractivity (Wildman–Crippen MR) is 118 cm³/mol. The maximum atomic E-state index is 12.6. The number of hydrogen-bond acceptors (Lipinski definition) is 7. The minimum atomic E-state index is -0.952. The molecular formula is C26H22O7. The van der Waals surface area contributed by atoms with E-state index in [2.05, 4.69) is 0 Å². The van der Waals surface area contributed by atoms with E-state index in [-0.39, 0.29) is 13.0 Å². The predicted octanol–water partition coefficient (Wildman–Crippen LogP) is 4.04. The van der Waals surface area contributed by atoms with Crippen LogP contribution >= 0.6 is 0 Å². The number of carbonyl (C=O) groups is 3. The lowest BCUT2D eigenvalue weighted by atomic mass is 10.1. The van der Waals surface area contributed by atoms with Gasteiger partial charge in [-0.05, 0) is 36.4 Å². The molecule has 0 amide bonds. The van der Waals surface area contributed by atoms with Gasteiger partial charge in [0.1, 0.15) is 18.8 Å². The third-order valence-electron chi connectivity index (χ3n) is 5.07. The zero-order valence-corrected chi connectivity index (χ0v) is 17.7. The number of rotatable bonds is 7. The average molecular weight is 446 g/mol. The fourth-order valence-electron chi connectivity index (χ4n) is 3.38. The number of benzene rings is 3. The Kier molecular flexibility index (Phi) is 7.12. The summed E-state index contributed by atoms with van der Waals surface area (Å²) in [5, 5.41) is 0. The first-order chi connectivity index (χ1) is 16.1. The van der Waals surface area contributed by atoms with Crippen molar-refractivity contribution in [3.63, 3.8) is 0 Å². The van der Waals surface area contributed by atoms with Crippen molar-refractivity contribution in [2.75, 3.05) is 6.61 Å². The van der Waals surface area contributed by atoms with Crippen LogP contribution in [0, 0.1) is 0 Å². The Morgan fingerprint density at radius 1 is 0.667 bits per heavy atom. The molecule has 1 fully saturated rings. The molecule has 3 aromatic rings. The van der Waals surface area contributed by atoms with Crippen molar-refractivity contribution in [2.45, 2.75) is 24.9 Å². The summed E-state index contributed by atoms with van der Waals surface area (Å²) in [7, 11) is 0. The number of hydrogen-bond donors (Lipinski definition) is 0. The maximum absolute atomic E-state index is 12.6. The van der Waals surface area contributed by atoms with Crippen molar-refractivity contribution in [3.05, 3.63) is 108 Å². The highest BCUT2D eigenvalue weighted by Gasteiger charge is 2.41. The van der Waals surface area contributed by atoms with Gasteiger partial charge in [0, 0.05) is 0 Å². The van der Waals surface area contributed by atoms with Crippen molar-refractivity contribution in [1.82, 2.24) is 0 Å². The van der Waals surface area contributed by atoms with Gasteiger partial charge in [0.2, 0.25) is 6.29 Å².